The van der Waals surface area contributed by atoms with Gasteiger partial charge in [-0.15, -0.1) is 11.3 Å². The molecule has 0 aliphatic carbocycles. The molecule has 1 amide bonds. The average molecular weight is 388 g/mol. The monoisotopic (exact) mass is 387 g/mol. The van der Waals surface area contributed by atoms with E-state index in [9.17, 15) is 4.79 Å². The molecular formula is C23H21N3OS. The van der Waals surface area contributed by atoms with Gasteiger partial charge < -0.3 is 9.47 Å². The van der Waals surface area contributed by atoms with E-state index in [0.717, 1.165) is 47.7 Å². The van der Waals surface area contributed by atoms with Gasteiger partial charge in [0.15, 0.2) is 0 Å². The topological polar surface area (TPSA) is 38.1 Å². The van der Waals surface area contributed by atoms with Gasteiger partial charge in [0.2, 0.25) is 0 Å². The van der Waals surface area contributed by atoms with Gasteiger partial charge in [-0.1, -0.05) is 18.2 Å². The maximum absolute atomic E-state index is 13.2. The highest BCUT2D eigenvalue weighted by molar-refractivity contribution is 7.18. The third kappa shape index (κ3) is 3.22. The Morgan fingerprint density at radius 2 is 1.89 bits per heavy atom. The van der Waals surface area contributed by atoms with E-state index in [0.29, 0.717) is 5.92 Å². The lowest BCUT2D eigenvalue weighted by Gasteiger charge is -2.32. The van der Waals surface area contributed by atoms with Crippen molar-refractivity contribution in [3.8, 4) is 5.69 Å². The van der Waals surface area contributed by atoms with Crippen molar-refractivity contribution in [1.29, 1.82) is 0 Å². The minimum Gasteiger partial charge on any atom is -0.338 e. The molecule has 1 aliphatic rings. The van der Waals surface area contributed by atoms with Crippen LogP contribution in [0.3, 0.4) is 0 Å². The molecule has 140 valence electrons. The Labute approximate surface area is 168 Å². The molecule has 0 spiro atoms. The van der Waals surface area contributed by atoms with Gasteiger partial charge in [-0.3, -0.25) is 4.79 Å². The van der Waals surface area contributed by atoms with Gasteiger partial charge in [0.25, 0.3) is 5.91 Å². The van der Waals surface area contributed by atoms with Crippen LogP contribution in [0, 0.1) is 0 Å². The normalized spacial score (nSPS) is 17.1. The first-order valence-corrected chi connectivity index (χ1v) is 10.5. The van der Waals surface area contributed by atoms with Gasteiger partial charge in [0.05, 0.1) is 15.2 Å². The zero-order valence-electron chi connectivity index (χ0n) is 15.5. The summed E-state index contributed by atoms with van der Waals surface area (Å²) in [6, 6.07) is 20.1. The van der Waals surface area contributed by atoms with Crippen LogP contribution < -0.4 is 0 Å². The molecule has 3 heterocycles. The molecule has 2 aromatic heterocycles. The molecule has 0 radical (unpaired) electrons. The first-order chi connectivity index (χ1) is 13.8. The molecule has 5 heteroatoms. The second kappa shape index (κ2) is 7.24. The molecule has 0 saturated carbocycles. The van der Waals surface area contributed by atoms with E-state index in [1.54, 1.807) is 11.3 Å². The summed E-state index contributed by atoms with van der Waals surface area (Å²) in [6.45, 7) is 1.56. The average Bonchev–Trinajstić information content (AvgIpc) is 3.43. The van der Waals surface area contributed by atoms with Gasteiger partial charge in [-0.25, -0.2) is 4.98 Å². The minimum atomic E-state index is 0.111. The molecule has 0 unspecified atom stereocenters. The predicted molar refractivity (Wildman–Crippen MR) is 113 cm³/mol. The summed E-state index contributed by atoms with van der Waals surface area (Å²) in [4.78, 5) is 20.0. The first-order valence-electron chi connectivity index (χ1n) is 9.66. The van der Waals surface area contributed by atoms with Gasteiger partial charge in [0, 0.05) is 42.7 Å². The van der Waals surface area contributed by atoms with Crippen molar-refractivity contribution >= 4 is 27.5 Å². The van der Waals surface area contributed by atoms with E-state index in [2.05, 4.69) is 18.2 Å². The van der Waals surface area contributed by atoms with Crippen LogP contribution in [0.2, 0.25) is 0 Å². The van der Waals surface area contributed by atoms with E-state index >= 15 is 0 Å². The van der Waals surface area contributed by atoms with Crippen molar-refractivity contribution in [2.45, 2.75) is 18.8 Å². The predicted octanol–water partition coefficient (Wildman–Crippen LogP) is 5.11. The van der Waals surface area contributed by atoms with E-state index in [4.69, 9.17) is 4.98 Å². The van der Waals surface area contributed by atoms with Crippen molar-refractivity contribution in [2.75, 3.05) is 13.1 Å². The zero-order chi connectivity index (χ0) is 18.9. The van der Waals surface area contributed by atoms with Crippen molar-refractivity contribution in [2.24, 2.45) is 0 Å². The van der Waals surface area contributed by atoms with E-state index in [1.165, 1.54) is 4.70 Å². The lowest BCUT2D eigenvalue weighted by molar-refractivity contribution is 0.0707. The van der Waals surface area contributed by atoms with Gasteiger partial charge in [0.1, 0.15) is 0 Å². The van der Waals surface area contributed by atoms with Crippen molar-refractivity contribution in [3.63, 3.8) is 0 Å². The minimum absolute atomic E-state index is 0.111. The number of carbonyl (C=O) groups excluding carboxylic acids is 1. The molecular weight excluding hydrogens is 366 g/mol. The molecule has 1 aliphatic heterocycles. The van der Waals surface area contributed by atoms with Crippen molar-refractivity contribution in [3.05, 3.63) is 83.6 Å². The number of nitrogens with zero attached hydrogens (tertiary/aromatic N) is 3. The Balaban J connectivity index is 1.37. The molecule has 4 nitrogen and oxygen atoms in total. The van der Waals surface area contributed by atoms with E-state index in [-0.39, 0.29) is 5.91 Å². The third-order valence-corrected chi connectivity index (χ3v) is 6.56. The summed E-state index contributed by atoms with van der Waals surface area (Å²) in [6.07, 6.45) is 6.10. The summed E-state index contributed by atoms with van der Waals surface area (Å²) in [5, 5.41) is 1.15. The van der Waals surface area contributed by atoms with Gasteiger partial charge in [-0.2, -0.15) is 0 Å². The van der Waals surface area contributed by atoms with Crippen LogP contribution in [0.1, 0.15) is 34.1 Å². The molecule has 1 fully saturated rings. The van der Waals surface area contributed by atoms with Crippen LogP contribution in [-0.2, 0) is 0 Å². The lowest BCUT2D eigenvalue weighted by Crippen LogP contribution is -2.39. The fraction of sp³-hybridized carbons (Fsp3) is 0.217. The number of piperidine rings is 1. The smallest absolute Gasteiger partial charge is 0.253 e. The molecule has 1 atom stereocenters. The molecule has 28 heavy (non-hydrogen) atoms. The second-order valence-electron chi connectivity index (χ2n) is 7.25. The summed E-state index contributed by atoms with van der Waals surface area (Å²) in [7, 11) is 0. The second-order valence-corrected chi connectivity index (χ2v) is 8.31. The Hall–Kier alpha value is -2.92. The highest BCUT2D eigenvalue weighted by Crippen LogP contribution is 2.33. The maximum Gasteiger partial charge on any atom is 0.253 e. The quantitative estimate of drug-likeness (QED) is 0.490. The molecule has 1 saturated heterocycles. The van der Waals surface area contributed by atoms with Crippen LogP contribution in [0.4, 0.5) is 0 Å². The standard InChI is InChI=1S/C23H21N3OS/c27-23(17-7-5-9-19(15-17)25-12-3-4-13-25)26-14-6-8-18(16-26)22-24-20-10-1-2-11-21(20)28-22/h1-5,7,9-13,15,18H,6,8,14,16H2/t18-/m0/s1. The SMILES string of the molecule is O=C(c1cccc(-n2cccc2)c1)N1CCC[C@H](c2nc3ccccc3s2)C1. The summed E-state index contributed by atoms with van der Waals surface area (Å²) < 4.78 is 3.25. The molecule has 4 aromatic rings. The highest BCUT2D eigenvalue weighted by atomic mass is 32.1. The first kappa shape index (κ1) is 17.2. The summed E-state index contributed by atoms with van der Waals surface area (Å²) in [5.74, 6) is 0.433. The number of thiazole rings is 1. The highest BCUT2D eigenvalue weighted by Gasteiger charge is 2.27. The largest absolute Gasteiger partial charge is 0.338 e. The molecule has 0 N–H and O–H groups in total. The zero-order valence-corrected chi connectivity index (χ0v) is 16.3. The van der Waals surface area contributed by atoms with Gasteiger partial charge in [-0.05, 0) is 55.3 Å². The number of para-hydroxylation sites is 1. The number of fused-ring (bicyclic) bond motifs is 1. The fourth-order valence-corrected chi connectivity index (χ4v) is 5.01. The Morgan fingerprint density at radius 1 is 1.04 bits per heavy atom. The maximum atomic E-state index is 13.2. The van der Waals surface area contributed by atoms with Crippen LogP contribution in [0.5, 0.6) is 0 Å². The summed E-state index contributed by atoms with van der Waals surface area (Å²) in [5.41, 5.74) is 2.82. The third-order valence-electron chi connectivity index (χ3n) is 5.36. The number of benzene rings is 2. The number of amides is 1. The van der Waals surface area contributed by atoms with Crippen molar-refractivity contribution in [1.82, 2.24) is 14.5 Å². The van der Waals surface area contributed by atoms with Crippen LogP contribution in [0.15, 0.2) is 73.1 Å². The van der Waals surface area contributed by atoms with E-state index in [1.807, 2.05) is 64.3 Å². The summed E-state index contributed by atoms with van der Waals surface area (Å²) >= 11 is 1.76. The Morgan fingerprint density at radius 3 is 2.75 bits per heavy atom. The fourth-order valence-electron chi connectivity index (χ4n) is 3.92. The Bertz CT molecular complexity index is 1080. The number of hydrogen-bond donors (Lipinski definition) is 0. The number of aromatic nitrogens is 2. The van der Waals surface area contributed by atoms with Gasteiger partial charge >= 0.3 is 0 Å². The Kier molecular flexibility index (Phi) is 4.45. The molecule has 5 rings (SSSR count). The van der Waals surface area contributed by atoms with Crippen molar-refractivity contribution < 1.29 is 4.79 Å². The van der Waals surface area contributed by atoms with Crippen LogP contribution >= 0.6 is 11.3 Å². The molecule has 2 aromatic carbocycles. The number of likely N-dealkylation sites (tertiary alicyclic amines) is 1. The van der Waals surface area contributed by atoms with E-state index < -0.39 is 0 Å². The number of carbonyl (C=O) groups is 1. The number of hydrogen-bond acceptors (Lipinski definition) is 3. The number of rotatable bonds is 3. The lowest BCUT2D eigenvalue weighted by atomic mass is 9.98. The van der Waals surface area contributed by atoms with Crippen LogP contribution in [0.25, 0.3) is 15.9 Å². The van der Waals surface area contributed by atoms with Crippen LogP contribution in [-0.4, -0.2) is 33.4 Å². The molecule has 0 bridgehead atoms.